The van der Waals surface area contributed by atoms with Crippen molar-refractivity contribution in [1.82, 2.24) is 4.57 Å². The van der Waals surface area contributed by atoms with E-state index in [-0.39, 0.29) is 32.5 Å². The number of carbonyl (C=O) groups excluding carboxylic acids is 1. The molecule has 0 aliphatic heterocycles. The van der Waals surface area contributed by atoms with E-state index in [0.29, 0.717) is 5.56 Å². The third kappa shape index (κ3) is 3.93. The van der Waals surface area contributed by atoms with Crippen LogP contribution in [-0.2, 0) is 16.4 Å². The molecule has 6 nitrogen and oxygen atoms in total. The van der Waals surface area contributed by atoms with Crippen molar-refractivity contribution in [2.75, 3.05) is 6.26 Å². The van der Waals surface area contributed by atoms with Crippen LogP contribution in [0.3, 0.4) is 0 Å². The molecular weight excluding hydrogens is 361 g/mol. The minimum Gasteiger partial charge on any atom is -0.365 e. The Labute approximate surface area is 142 Å². The summed E-state index contributed by atoms with van der Waals surface area (Å²) < 4.78 is 24.4. The smallest absolute Gasteiger partial charge is 0.252 e. The first kappa shape index (κ1) is 17.5. The number of rotatable bonds is 4. The number of benzene rings is 1. The molecule has 9 heteroatoms. The van der Waals surface area contributed by atoms with Crippen LogP contribution in [0.5, 0.6) is 0 Å². The van der Waals surface area contributed by atoms with Gasteiger partial charge in [-0.2, -0.15) is 0 Å². The first-order valence-corrected chi connectivity index (χ1v) is 8.97. The molecule has 1 aromatic heterocycles. The van der Waals surface area contributed by atoms with Crippen molar-refractivity contribution in [3.63, 3.8) is 0 Å². The number of hydrogen-bond donors (Lipinski definition) is 2. The van der Waals surface area contributed by atoms with Crippen LogP contribution in [0.4, 0.5) is 0 Å². The summed E-state index contributed by atoms with van der Waals surface area (Å²) in [7, 11) is -3.36. The van der Waals surface area contributed by atoms with Crippen LogP contribution in [0, 0.1) is 5.41 Å². The summed E-state index contributed by atoms with van der Waals surface area (Å²) in [6.07, 6.45) is 2.56. The van der Waals surface area contributed by atoms with Gasteiger partial charge in [0, 0.05) is 17.5 Å². The first-order chi connectivity index (χ1) is 10.6. The second-order valence-electron chi connectivity index (χ2n) is 4.94. The van der Waals surface area contributed by atoms with Gasteiger partial charge < -0.3 is 10.3 Å². The van der Waals surface area contributed by atoms with Crippen LogP contribution in [-0.4, -0.2) is 25.1 Å². The monoisotopic (exact) mass is 373 g/mol. The van der Waals surface area contributed by atoms with Gasteiger partial charge in [0.1, 0.15) is 5.49 Å². The number of nitrogens with one attached hydrogen (secondary N) is 1. The van der Waals surface area contributed by atoms with Crippen LogP contribution in [0.25, 0.3) is 0 Å². The molecule has 3 N–H and O–H groups in total. The average Bonchev–Trinajstić information content (AvgIpc) is 2.43. The highest BCUT2D eigenvalue weighted by Crippen LogP contribution is 2.22. The van der Waals surface area contributed by atoms with E-state index in [0.717, 1.165) is 6.26 Å². The topological polar surface area (TPSA) is 106 Å². The van der Waals surface area contributed by atoms with Crippen LogP contribution in [0.1, 0.15) is 15.9 Å². The van der Waals surface area contributed by atoms with E-state index in [9.17, 15) is 13.2 Å². The molecule has 0 fully saturated rings. The maximum absolute atomic E-state index is 11.5. The Morgan fingerprint density at radius 2 is 1.96 bits per heavy atom. The zero-order valence-electron chi connectivity index (χ0n) is 12.0. The molecule has 122 valence electrons. The van der Waals surface area contributed by atoms with E-state index in [2.05, 4.69) is 0 Å². The Morgan fingerprint density at radius 1 is 1.30 bits per heavy atom. The van der Waals surface area contributed by atoms with Crippen molar-refractivity contribution in [3.05, 3.63) is 57.1 Å². The Kier molecular flexibility index (Phi) is 4.84. The van der Waals surface area contributed by atoms with Crippen LogP contribution >= 0.6 is 23.2 Å². The molecular formula is C14H13Cl2N3O3S. The molecule has 0 radical (unpaired) electrons. The van der Waals surface area contributed by atoms with Crippen LogP contribution < -0.4 is 11.2 Å². The van der Waals surface area contributed by atoms with Gasteiger partial charge in [0.15, 0.2) is 9.84 Å². The van der Waals surface area contributed by atoms with Gasteiger partial charge >= 0.3 is 0 Å². The molecule has 0 aliphatic carbocycles. The number of pyridine rings is 1. The van der Waals surface area contributed by atoms with E-state index >= 15 is 0 Å². The Hall–Kier alpha value is -1.83. The summed E-state index contributed by atoms with van der Waals surface area (Å²) in [5, 5.41) is 8.48. The molecule has 1 heterocycles. The Bertz CT molecular complexity index is 952. The van der Waals surface area contributed by atoms with E-state index in [1.54, 1.807) is 6.07 Å². The van der Waals surface area contributed by atoms with Gasteiger partial charge in [-0.15, -0.1) is 0 Å². The van der Waals surface area contributed by atoms with Crippen molar-refractivity contribution in [2.24, 2.45) is 5.73 Å². The number of sulfone groups is 1. The fourth-order valence-corrected chi connectivity index (χ4v) is 3.17. The van der Waals surface area contributed by atoms with Crippen molar-refractivity contribution in [2.45, 2.75) is 11.4 Å². The summed E-state index contributed by atoms with van der Waals surface area (Å²) in [5.74, 6) is -0.759. The molecule has 1 aromatic carbocycles. The van der Waals surface area contributed by atoms with E-state index in [1.165, 1.54) is 29.0 Å². The molecule has 0 unspecified atom stereocenters. The lowest BCUT2D eigenvalue weighted by atomic mass is 10.2. The van der Waals surface area contributed by atoms with Crippen molar-refractivity contribution >= 4 is 38.9 Å². The summed E-state index contributed by atoms with van der Waals surface area (Å²) in [5.41, 5.74) is 5.68. The number of amides is 1. The maximum atomic E-state index is 11.5. The SMILES string of the molecule is CS(=O)(=O)c1ccc(Cn2cc(Cl)cc(C(N)=O)c2=N)c(Cl)c1. The van der Waals surface area contributed by atoms with Crippen molar-refractivity contribution < 1.29 is 13.2 Å². The van der Waals surface area contributed by atoms with E-state index in [1.807, 2.05) is 0 Å². The normalized spacial score (nSPS) is 11.4. The fraction of sp³-hybridized carbons (Fsp3) is 0.143. The number of primary amides is 1. The molecule has 0 bridgehead atoms. The third-order valence-corrected chi connectivity index (χ3v) is 4.83. The van der Waals surface area contributed by atoms with Crippen LogP contribution in [0.15, 0.2) is 35.4 Å². The van der Waals surface area contributed by atoms with Gasteiger partial charge in [-0.05, 0) is 23.8 Å². The number of aromatic nitrogens is 1. The lowest BCUT2D eigenvalue weighted by Gasteiger charge is -2.12. The molecule has 2 aromatic rings. The van der Waals surface area contributed by atoms with Crippen LogP contribution in [0.2, 0.25) is 10.0 Å². The highest BCUT2D eigenvalue weighted by atomic mass is 35.5. The zero-order valence-corrected chi connectivity index (χ0v) is 14.3. The number of nitrogens with two attached hydrogens (primary N) is 1. The van der Waals surface area contributed by atoms with Gasteiger partial charge in [-0.25, -0.2) is 8.42 Å². The summed E-state index contributed by atoms with van der Waals surface area (Å²) in [6.45, 7) is 0.141. The third-order valence-electron chi connectivity index (χ3n) is 3.16. The van der Waals surface area contributed by atoms with E-state index in [4.69, 9.17) is 34.3 Å². The number of halogens is 2. The molecule has 23 heavy (non-hydrogen) atoms. The molecule has 1 amide bonds. The second-order valence-corrected chi connectivity index (χ2v) is 7.80. The predicted molar refractivity (Wildman–Crippen MR) is 87.5 cm³/mol. The molecule has 0 saturated heterocycles. The highest BCUT2D eigenvalue weighted by molar-refractivity contribution is 7.90. The standard InChI is InChI=1S/C14H13Cl2N3O3S/c1-23(21,22)10-3-2-8(12(16)5-10)6-19-7-9(15)4-11(13(19)17)14(18)20/h2-5,7,17H,6H2,1H3,(H2,18,20). The molecule has 0 aliphatic rings. The van der Waals surface area contributed by atoms with Crippen molar-refractivity contribution in [3.8, 4) is 0 Å². The summed E-state index contributed by atoms with van der Waals surface area (Å²) >= 11 is 12.0. The lowest BCUT2D eigenvalue weighted by molar-refractivity contribution is 0.0997. The summed E-state index contributed by atoms with van der Waals surface area (Å²) in [4.78, 5) is 11.4. The Morgan fingerprint density at radius 3 is 2.48 bits per heavy atom. The minimum atomic E-state index is -3.36. The van der Waals surface area contributed by atoms with Gasteiger partial charge in [0.2, 0.25) is 0 Å². The molecule has 0 atom stereocenters. The predicted octanol–water partition coefficient (Wildman–Crippen LogP) is 1.83. The lowest BCUT2D eigenvalue weighted by Crippen LogP contribution is -2.29. The second kappa shape index (κ2) is 6.35. The average molecular weight is 374 g/mol. The molecule has 2 rings (SSSR count). The first-order valence-electron chi connectivity index (χ1n) is 6.32. The van der Waals surface area contributed by atoms with Gasteiger partial charge in [-0.3, -0.25) is 10.2 Å². The quantitative estimate of drug-likeness (QED) is 0.853. The number of carbonyl (C=O) groups is 1. The summed E-state index contributed by atoms with van der Waals surface area (Å²) in [6, 6.07) is 5.64. The van der Waals surface area contributed by atoms with Crippen molar-refractivity contribution in [1.29, 1.82) is 5.41 Å². The van der Waals surface area contributed by atoms with Gasteiger partial charge in [-0.1, -0.05) is 29.3 Å². The number of nitrogens with zero attached hydrogens (tertiary/aromatic N) is 1. The minimum absolute atomic E-state index is 0.0126. The maximum Gasteiger partial charge on any atom is 0.252 e. The zero-order chi connectivity index (χ0) is 17.4. The molecule has 0 saturated carbocycles. The fourth-order valence-electron chi connectivity index (χ4n) is 1.99. The van der Waals surface area contributed by atoms with Gasteiger partial charge in [0.05, 0.1) is 22.0 Å². The van der Waals surface area contributed by atoms with E-state index < -0.39 is 15.7 Å². The largest absolute Gasteiger partial charge is 0.365 e. The number of hydrogen-bond acceptors (Lipinski definition) is 4. The highest BCUT2D eigenvalue weighted by Gasteiger charge is 2.12. The molecule has 0 spiro atoms. The Balaban J connectivity index is 2.48. The van der Waals surface area contributed by atoms with Gasteiger partial charge in [0.25, 0.3) is 5.91 Å².